The van der Waals surface area contributed by atoms with Crippen molar-refractivity contribution in [3.8, 4) is 0 Å². The molecule has 4 rings (SSSR count). The summed E-state index contributed by atoms with van der Waals surface area (Å²) in [5.41, 5.74) is 3.43. The van der Waals surface area contributed by atoms with E-state index in [4.69, 9.17) is 44.3 Å². The van der Waals surface area contributed by atoms with Crippen LogP contribution >= 0.6 is 11.8 Å². The molecule has 0 radical (unpaired) electrons. The van der Waals surface area contributed by atoms with E-state index < -0.39 is 23.9 Å². The molecule has 0 saturated carbocycles. The van der Waals surface area contributed by atoms with Crippen LogP contribution in [0.25, 0.3) is 0 Å². The van der Waals surface area contributed by atoms with Crippen LogP contribution in [0.2, 0.25) is 0 Å². The molecule has 43 heavy (non-hydrogen) atoms. The molecule has 2 aliphatic rings. The van der Waals surface area contributed by atoms with Crippen LogP contribution in [0.5, 0.6) is 0 Å². The van der Waals surface area contributed by atoms with E-state index >= 15 is 0 Å². The zero-order valence-corrected chi connectivity index (χ0v) is 24.8. The molecule has 14 heteroatoms. The van der Waals surface area contributed by atoms with Crippen molar-refractivity contribution in [2.45, 2.75) is 42.6 Å². The number of piperazine rings is 1. The van der Waals surface area contributed by atoms with Crippen LogP contribution in [0.15, 0.2) is 52.3 Å². The number of amides is 1. The molecule has 13 nitrogen and oxygen atoms in total. The number of anilines is 1. The Balaban J connectivity index is 0.000000455. The van der Waals surface area contributed by atoms with Crippen molar-refractivity contribution in [3.63, 3.8) is 0 Å². The highest BCUT2D eigenvalue weighted by Gasteiger charge is 2.23. The van der Waals surface area contributed by atoms with Gasteiger partial charge in [-0.1, -0.05) is 29.5 Å². The lowest BCUT2D eigenvalue weighted by atomic mass is 10.2. The van der Waals surface area contributed by atoms with Crippen molar-refractivity contribution in [3.05, 3.63) is 53.6 Å². The molecular weight excluding hydrogens is 582 g/mol. The molecule has 2 aromatic rings. The first-order valence-corrected chi connectivity index (χ1v) is 14.3. The number of benzene rings is 2. The maximum atomic E-state index is 12.5. The molecule has 2 heterocycles. The second-order valence-electron chi connectivity index (χ2n) is 9.88. The van der Waals surface area contributed by atoms with E-state index in [1.807, 2.05) is 12.1 Å². The zero-order chi connectivity index (χ0) is 31.9. The Kier molecular flexibility index (Phi) is 14.6. The lowest BCUT2D eigenvalue weighted by Gasteiger charge is -2.35. The number of carbonyl (C=O) groups is 5. The van der Waals surface area contributed by atoms with E-state index in [0.29, 0.717) is 12.6 Å². The summed E-state index contributed by atoms with van der Waals surface area (Å²) in [7, 11) is 0. The lowest BCUT2D eigenvalue weighted by molar-refractivity contribution is -0.159. The van der Waals surface area contributed by atoms with Crippen LogP contribution in [-0.4, -0.2) is 112 Å². The molecule has 234 valence electrons. The number of rotatable bonds is 7. The van der Waals surface area contributed by atoms with E-state index in [0.717, 1.165) is 45.0 Å². The first-order chi connectivity index (χ1) is 20.3. The van der Waals surface area contributed by atoms with Crippen molar-refractivity contribution in [2.24, 2.45) is 0 Å². The highest BCUT2D eigenvalue weighted by atomic mass is 32.2. The Hall–Kier alpha value is -3.98. The first-order valence-electron chi connectivity index (χ1n) is 13.5. The van der Waals surface area contributed by atoms with Crippen molar-refractivity contribution < 1.29 is 49.1 Å². The molecule has 1 unspecified atom stereocenters. The molecule has 0 bridgehead atoms. The van der Waals surface area contributed by atoms with Gasteiger partial charge in [0, 0.05) is 54.8 Å². The van der Waals surface area contributed by atoms with Gasteiger partial charge in [0.05, 0.1) is 12.6 Å². The summed E-state index contributed by atoms with van der Waals surface area (Å²) in [4.78, 5) is 56.0. The maximum absolute atomic E-state index is 12.5. The monoisotopic (exact) mass is 619 g/mol. The fourth-order valence-electron chi connectivity index (χ4n) is 4.26. The smallest absolute Gasteiger partial charge is 0.414 e. The summed E-state index contributed by atoms with van der Waals surface area (Å²) in [6.45, 7) is 10.6. The van der Waals surface area contributed by atoms with Gasteiger partial charge in [0.2, 0.25) is 5.91 Å². The summed E-state index contributed by atoms with van der Waals surface area (Å²) in [5.74, 6) is -7.24. The molecule has 0 aromatic heterocycles. The van der Waals surface area contributed by atoms with Crippen LogP contribution in [0, 0.1) is 13.8 Å². The minimum Gasteiger partial charge on any atom is -0.473 e. The Morgan fingerprint density at radius 3 is 1.88 bits per heavy atom. The van der Waals surface area contributed by atoms with Crippen LogP contribution in [0.3, 0.4) is 0 Å². The summed E-state index contributed by atoms with van der Waals surface area (Å²) in [6.07, 6.45) is 2.78. The molecule has 0 spiro atoms. The number of ether oxygens (including phenoxy) is 1. The van der Waals surface area contributed by atoms with Crippen LogP contribution < -0.4 is 5.32 Å². The van der Waals surface area contributed by atoms with E-state index in [1.54, 1.807) is 11.8 Å². The van der Waals surface area contributed by atoms with Gasteiger partial charge in [-0.05, 0) is 62.6 Å². The Morgan fingerprint density at radius 2 is 1.40 bits per heavy atom. The highest BCUT2D eigenvalue weighted by molar-refractivity contribution is 7.99. The van der Waals surface area contributed by atoms with Crippen LogP contribution in [0.4, 0.5) is 5.69 Å². The van der Waals surface area contributed by atoms with Gasteiger partial charge in [0.15, 0.2) is 0 Å². The number of nitrogens with one attached hydrogen (secondary N) is 1. The third-order valence-corrected chi connectivity index (χ3v) is 7.57. The molecule has 2 aromatic carbocycles. The summed E-state index contributed by atoms with van der Waals surface area (Å²) >= 11 is 1.76. The third kappa shape index (κ3) is 13.7. The molecule has 2 fully saturated rings. The quantitative estimate of drug-likeness (QED) is 0.284. The molecular formula is C29H37N3O10S. The van der Waals surface area contributed by atoms with Gasteiger partial charge in [0.1, 0.15) is 0 Å². The van der Waals surface area contributed by atoms with E-state index in [9.17, 15) is 4.79 Å². The SMILES string of the molecule is Cc1ccc(Sc2ccc(NC(=O)CN3CCN(CC4CCCO4)CC3)cc2)c(C)c1.O=C(O)C(=O)O.O=C(O)C(=O)O. The number of nitrogens with zero attached hydrogens (tertiary/aromatic N) is 2. The van der Waals surface area contributed by atoms with Crippen LogP contribution in [0.1, 0.15) is 24.0 Å². The molecule has 5 N–H and O–H groups in total. The normalized spacial score (nSPS) is 16.6. The van der Waals surface area contributed by atoms with Crippen molar-refractivity contribution in [1.82, 2.24) is 9.80 Å². The van der Waals surface area contributed by atoms with Crippen molar-refractivity contribution in [1.29, 1.82) is 0 Å². The highest BCUT2D eigenvalue weighted by Crippen LogP contribution is 2.31. The molecule has 1 amide bonds. The van der Waals surface area contributed by atoms with Gasteiger partial charge in [-0.3, -0.25) is 14.6 Å². The van der Waals surface area contributed by atoms with Crippen molar-refractivity contribution >= 4 is 47.2 Å². The van der Waals surface area contributed by atoms with Crippen molar-refractivity contribution in [2.75, 3.05) is 51.2 Å². The second-order valence-corrected chi connectivity index (χ2v) is 11.0. The minimum atomic E-state index is -1.82. The Bertz CT molecular complexity index is 1210. The minimum absolute atomic E-state index is 0.0577. The predicted molar refractivity (Wildman–Crippen MR) is 158 cm³/mol. The number of carboxylic acid groups (broad SMARTS) is 4. The van der Waals surface area contributed by atoms with Gasteiger partial charge < -0.3 is 30.5 Å². The largest absolute Gasteiger partial charge is 0.473 e. The number of carboxylic acids is 4. The predicted octanol–water partition coefficient (Wildman–Crippen LogP) is 2.50. The number of carbonyl (C=O) groups excluding carboxylic acids is 1. The Morgan fingerprint density at radius 1 is 0.837 bits per heavy atom. The Labute approximate surface area is 253 Å². The molecule has 0 aliphatic carbocycles. The maximum Gasteiger partial charge on any atom is 0.414 e. The molecule has 2 saturated heterocycles. The lowest BCUT2D eigenvalue weighted by Crippen LogP contribution is -2.50. The first kappa shape index (κ1) is 35.2. The molecule has 2 aliphatic heterocycles. The van der Waals surface area contributed by atoms with Gasteiger partial charge in [-0.25, -0.2) is 19.2 Å². The standard InChI is InChI=1S/C25H33N3O2S.2C2H2O4/c1-19-5-10-24(20(2)16-19)31-23-8-6-21(7-9-23)26-25(29)18-28-13-11-27(12-14-28)17-22-4-3-15-30-22;2*3-1(4)2(5)6/h5-10,16,22H,3-4,11-15,17-18H2,1-2H3,(H,26,29);2*(H,3,4)(H,5,6). The van der Waals surface area contributed by atoms with Gasteiger partial charge in [-0.15, -0.1) is 0 Å². The van der Waals surface area contributed by atoms with Gasteiger partial charge in [-0.2, -0.15) is 0 Å². The zero-order valence-electron chi connectivity index (χ0n) is 24.0. The number of hydrogen-bond acceptors (Lipinski definition) is 9. The number of aryl methyl sites for hydroxylation is 2. The third-order valence-electron chi connectivity index (χ3n) is 6.38. The number of hydrogen-bond donors (Lipinski definition) is 5. The fraction of sp³-hybridized carbons (Fsp3) is 0.414. The molecule has 1 atom stereocenters. The van der Waals surface area contributed by atoms with E-state index in [2.05, 4.69) is 59.3 Å². The number of aliphatic carboxylic acids is 4. The summed E-state index contributed by atoms with van der Waals surface area (Å²) in [5, 5.41) is 32.6. The van der Waals surface area contributed by atoms with Crippen LogP contribution in [-0.2, 0) is 28.7 Å². The average Bonchev–Trinajstić information content (AvgIpc) is 3.46. The second kappa shape index (κ2) is 17.9. The fourth-order valence-corrected chi connectivity index (χ4v) is 5.14. The van der Waals surface area contributed by atoms with Gasteiger partial charge in [0.25, 0.3) is 0 Å². The van der Waals surface area contributed by atoms with E-state index in [-0.39, 0.29) is 5.91 Å². The summed E-state index contributed by atoms with van der Waals surface area (Å²) in [6, 6.07) is 14.6. The summed E-state index contributed by atoms with van der Waals surface area (Å²) < 4.78 is 5.74. The average molecular weight is 620 g/mol. The topological polar surface area (TPSA) is 194 Å². The van der Waals surface area contributed by atoms with Gasteiger partial charge >= 0.3 is 23.9 Å². The van der Waals surface area contributed by atoms with E-state index in [1.165, 1.54) is 33.8 Å².